The number of sulfonamides is 1. The standard InChI is InChI=1S/C18H21NO6S/c1-13(18(20)25-12-14-5-4-6-16(11-14)24-3)19-26(21,22)17-9-7-15(23-2)8-10-17/h4-11,13,19H,12H2,1-3H3/t13-/m0/s1. The predicted molar refractivity (Wildman–Crippen MR) is 95.6 cm³/mol. The summed E-state index contributed by atoms with van der Waals surface area (Å²) < 4.78 is 42.2. The summed E-state index contributed by atoms with van der Waals surface area (Å²) in [5.74, 6) is 0.506. The number of benzene rings is 2. The van der Waals surface area contributed by atoms with E-state index in [0.29, 0.717) is 11.5 Å². The average molecular weight is 379 g/mol. The number of hydrogen-bond acceptors (Lipinski definition) is 6. The Bertz CT molecular complexity index is 848. The van der Waals surface area contributed by atoms with Gasteiger partial charge in [-0.3, -0.25) is 4.79 Å². The van der Waals surface area contributed by atoms with Gasteiger partial charge in [0.15, 0.2) is 0 Å². The van der Waals surface area contributed by atoms with E-state index in [2.05, 4.69) is 4.72 Å². The van der Waals surface area contributed by atoms with Gasteiger partial charge < -0.3 is 14.2 Å². The lowest BCUT2D eigenvalue weighted by atomic mass is 10.2. The Hall–Kier alpha value is -2.58. The fourth-order valence-electron chi connectivity index (χ4n) is 2.15. The molecule has 2 rings (SSSR count). The number of nitrogens with one attached hydrogen (secondary N) is 1. The smallest absolute Gasteiger partial charge is 0.324 e. The summed E-state index contributed by atoms with van der Waals surface area (Å²) in [6.07, 6.45) is 0. The highest BCUT2D eigenvalue weighted by Gasteiger charge is 2.23. The van der Waals surface area contributed by atoms with Gasteiger partial charge in [-0.2, -0.15) is 4.72 Å². The van der Waals surface area contributed by atoms with Crippen LogP contribution in [0.3, 0.4) is 0 Å². The fraction of sp³-hybridized carbons (Fsp3) is 0.278. The molecular weight excluding hydrogens is 358 g/mol. The first-order valence-corrected chi connectivity index (χ1v) is 9.30. The lowest BCUT2D eigenvalue weighted by molar-refractivity contribution is -0.146. The summed E-state index contributed by atoms with van der Waals surface area (Å²) in [6.45, 7) is 1.44. The van der Waals surface area contributed by atoms with Gasteiger partial charge in [-0.25, -0.2) is 8.42 Å². The third kappa shape index (κ3) is 5.21. The number of esters is 1. The molecule has 2 aromatic rings. The maximum absolute atomic E-state index is 12.3. The van der Waals surface area contributed by atoms with Gasteiger partial charge in [0.05, 0.1) is 19.1 Å². The Balaban J connectivity index is 1.96. The number of carbonyl (C=O) groups excluding carboxylic acids is 1. The molecule has 140 valence electrons. The van der Waals surface area contributed by atoms with E-state index >= 15 is 0 Å². The molecule has 0 heterocycles. The van der Waals surface area contributed by atoms with Gasteiger partial charge in [0.25, 0.3) is 0 Å². The third-order valence-electron chi connectivity index (χ3n) is 3.57. The van der Waals surface area contributed by atoms with Gasteiger partial charge in [-0.05, 0) is 48.9 Å². The quantitative estimate of drug-likeness (QED) is 0.707. The molecule has 26 heavy (non-hydrogen) atoms. The molecule has 0 unspecified atom stereocenters. The Labute approximate surface area is 152 Å². The number of hydrogen-bond donors (Lipinski definition) is 1. The molecule has 0 saturated heterocycles. The highest BCUT2D eigenvalue weighted by atomic mass is 32.2. The van der Waals surface area contributed by atoms with Crippen molar-refractivity contribution in [3.63, 3.8) is 0 Å². The van der Waals surface area contributed by atoms with Crippen LogP contribution >= 0.6 is 0 Å². The van der Waals surface area contributed by atoms with Crippen molar-refractivity contribution in [1.82, 2.24) is 4.72 Å². The van der Waals surface area contributed by atoms with E-state index in [0.717, 1.165) is 5.56 Å². The van der Waals surface area contributed by atoms with Gasteiger partial charge >= 0.3 is 5.97 Å². The molecule has 8 heteroatoms. The molecule has 0 spiro atoms. The molecule has 0 aromatic heterocycles. The molecule has 0 aliphatic carbocycles. The van der Waals surface area contributed by atoms with Crippen LogP contribution in [0.1, 0.15) is 12.5 Å². The third-order valence-corrected chi connectivity index (χ3v) is 5.13. The van der Waals surface area contributed by atoms with Crippen molar-refractivity contribution < 1.29 is 27.4 Å². The van der Waals surface area contributed by atoms with Crippen LogP contribution in [0.4, 0.5) is 0 Å². The summed E-state index contributed by atoms with van der Waals surface area (Å²) in [4.78, 5) is 12.1. The Morgan fingerprint density at radius 1 is 1.04 bits per heavy atom. The number of rotatable bonds is 8. The SMILES string of the molecule is COc1ccc(S(=O)(=O)N[C@@H](C)C(=O)OCc2cccc(OC)c2)cc1. The molecule has 0 amide bonds. The summed E-state index contributed by atoms with van der Waals surface area (Å²) in [6, 6.07) is 11.9. The van der Waals surface area contributed by atoms with E-state index in [1.165, 1.54) is 38.3 Å². The molecule has 0 radical (unpaired) electrons. The molecule has 1 atom stereocenters. The highest BCUT2D eigenvalue weighted by Crippen LogP contribution is 2.16. The summed E-state index contributed by atoms with van der Waals surface area (Å²) in [7, 11) is -0.818. The molecule has 0 saturated carbocycles. The van der Waals surface area contributed by atoms with Crippen LogP contribution in [-0.2, 0) is 26.2 Å². The Morgan fingerprint density at radius 3 is 2.31 bits per heavy atom. The fourth-order valence-corrected chi connectivity index (χ4v) is 3.34. The number of ether oxygens (including phenoxy) is 3. The van der Waals surface area contributed by atoms with Crippen molar-refractivity contribution in [3.05, 3.63) is 54.1 Å². The van der Waals surface area contributed by atoms with Crippen molar-refractivity contribution in [2.45, 2.75) is 24.5 Å². The van der Waals surface area contributed by atoms with Crippen LogP contribution in [0, 0.1) is 0 Å². The average Bonchev–Trinajstić information content (AvgIpc) is 2.65. The molecule has 0 aliphatic rings. The van der Waals surface area contributed by atoms with Crippen molar-refractivity contribution >= 4 is 16.0 Å². The molecule has 7 nitrogen and oxygen atoms in total. The van der Waals surface area contributed by atoms with E-state index in [9.17, 15) is 13.2 Å². The second-order valence-corrected chi connectivity index (χ2v) is 7.19. The molecule has 0 fully saturated rings. The number of methoxy groups -OCH3 is 2. The first-order chi connectivity index (χ1) is 12.4. The summed E-state index contributed by atoms with van der Waals surface area (Å²) >= 11 is 0. The Morgan fingerprint density at radius 2 is 1.69 bits per heavy atom. The van der Waals surface area contributed by atoms with Crippen molar-refractivity contribution in [2.24, 2.45) is 0 Å². The monoisotopic (exact) mass is 379 g/mol. The van der Waals surface area contributed by atoms with Gasteiger partial charge in [0.1, 0.15) is 24.1 Å². The first kappa shape index (κ1) is 19.7. The first-order valence-electron chi connectivity index (χ1n) is 7.81. The lowest BCUT2D eigenvalue weighted by Gasteiger charge is -2.14. The molecule has 1 N–H and O–H groups in total. The predicted octanol–water partition coefficient (Wildman–Crippen LogP) is 2.11. The van der Waals surface area contributed by atoms with E-state index in [1.807, 2.05) is 0 Å². The van der Waals surface area contributed by atoms with Gasteiger partial charge in [-0.1, -0.05) is 12.1 Å². The van der Waals surface area contributed by atoms with E-state index in [1.54, 1.807) is 31.4 Å². The molecule has 2 aromatic carbocycles. The lowest BCUT2D eigenvalue weighted by Crippen LogP contribution is -2.39. The second kappa shape index (κ2) is 8.68. The topological polar surface area (TPSA) is 90.9 Å². The maximum atomic E-state index is 12.3. The van der Waals surface area contributed by atoms with Gasteiger partial charge in [-0.15, -0.1) is 0 Å². The zero-order valence-electron chi connectivity index (χ0n) is 14.8. The minimum absolute atomic E-state index is 0.0185. The van der Waals surface area contributed by atoms with Gasteiger partial charge in [0, 0.05) is 0 Å². The minimum atomic E-state index is -3.85. The zero-order chi connectivity index (χ0) is 19.2. The van der Waals surface area contributed by atoms with Crippen LogP contribution in [0.25, 0.3) is 0 Å². The Kier molecular flexibility index (Phi) is 6.59. The minimum Gasteiger partial charge on any atom is -0.497 e. The maximum Gasteiger partial charge on any atom is 0.324 e. The van der Waals surface area contributed by atoms with Crippen LogP contribution in [0.15, 0.2) is 53.4 Å². The van der Waals surface area contributed by atoms with Crippen LogP contribution in [-0.4, -0.2) is 34.6 Å². The van der Waals surface area contributed by atoms with E-state index in [-0.39, 0.29) is 11.5 Å². The van der Waals surface area contributed by atoms with Crippen LogP contribution in [0.5, 0.6) is 11.5 Å². The second-order valence-electron chi connectivity index (χ2n) is 5.48. The summed E-state index contributed by atoms with van der Waals surface area (Å²) in [5, 5.41) is 0. The molecule has 0 bridgehead atoms. The van der Waals surface area contributed by atoms with Crippen LogP contribution < -0.4 is 14.2 Å². The highest BCUT2D eigenvalue weighted by molar-refractivity contribution is 7.89. The van der Waals surface area contributed by atoms with Crippen molar-refractivity contribution in [1.29, 1.82) is 0 Å². The van der Waals surface area contributed by atoms with E-state index < -0.39 is 22.0 Å². The summed E-state index contributed by atoms with van der Waals surface area (Å²) in [5.41, 5.74) is 0.739. The van der Waals surface area contributed by atoms with E-state index in [4.69, 9.17) is 14.2 Å². The van der Waals surface area contributed by atoms with Crippen molar-refractivity contribution in [3.8, 4) is 11.5 Å². The largest absolute Gasteiger partial charge is 0.497 e. The molecule has 0 aliphatic heterocycles. The normalized spacial score (nSPS) is 12.3. The van der Waals surface area contributed by atoms with Gasteiger partial charge in [0.2, 0.25) is 10.0 Å². The number of carbonyl (C=O) groups is 1. The van der Waals surface area contributed by atoms with Crippen molar-refractivity contribution in [2.75, 3.05) is 14.2 Å². The van der Waals surface area contributed by atoms with Crippen LogP contribution in [0.2, 0.25) is 0 Å². The molecular formula is C18H21NO6S. The zero-order valence-corrected chi connectivity index (χ0v) is 15.6.